The Labute approximate surface area is 144 Å². The van der Waals surface area contributed by atoms with E-state index < -0.39 is 12.8 Å². The zero-order chi connectivity index (χ0) is 17.7. The Morgan fingerprint density at radius 3 is 2.56 bits per heavy atom. The summed E-state index contributed by atoms with van der Waals surface area (Å²) in [4.78, 5) is 2.54. The van der Waals surface area contributed by atoms with E-state index in [1.165, 1.54) is 0 Å². The Morgan fingerprint density at radius 1 is 1.24 bits per heavy atom. The average molecular weight is 360 g/mol. The lowest BCUT2D eigenvalue weighted by Gasteiger charge is -2.61. The molecule has 6 nitrogen and oxygen atoms in total. The van der Waals surface area contributed by atoms with Gasteiger partial charge in [-0.1, -0.05) is 0 Å². The van der Waals surface area contributed by atoms with Crippen LogP contribution in [0.4, 0.5) is 18.9 Å². The van der Waals surface area contributed by atoms with Gasteiger partial charge in [0.25, 0.3) is 5.88 Å². The molecule has 1 aliphatic carbocycles. The van der Waals surface area contributed by atoms with Crippen LogP contribution in [0.25, 0.3) is 0 Å². The Bertz CT molecular complexity index is 613. The van der Waals surface area contributed by atoms with Crippen molar-refractivity contribution < 1.29 is 22.6 Å². The van der Waals surface area contributed by atoms with E-state index in [0.29, 0.717) is 11.5 Å². The Morgan fingerprint density at radius 2 is 1.92 bits per heavy atom. The number of aromatic nitrogens is 2. The molecular weight excluding hydrogens is 337 g/mol. The summed E-state index contributed by atoms with van der Waals surface area (Å²) >= 11 is 0. The van der Waals surface area contributed by atoms with Crippen molar-refractivity contribution >= 4 is 5.69 Å². The predicted octanol–water partition coefficient (Wildman–Crippen LogP) is 2.22. The van der Waals surface area contributed by atoms with Crippen molar-refractivity contribution in [3.05, 3.63) is 6.20 Å². The quantitative estimate of drug-likeness (QED) is 0.892. The Hall–Kier alpha value is -1.48. The van der Waals surface area contributed by atoms with Gasteiger partial charge >= 0.3 is 6.18 Å². The molecular formula is C16H23F3N4O2. The van der Waals surface area contributed by atoms with Crippen molar-refractivity contribution in [1.29, 1.82) is 0 Å². The highest BCUT2D eigenvalue weighted by atomic mass is 19.4. The summed E-state index contributed by atoms with van der Waals surface area (Å²) in [5, 5.41) is 4.11. The van der Waals surface area contributed by atoms with Gasteiger partial charge in [0.05, 0.1) is 12.2 Å². The fourth-order valence-electron chi connectivity index (χ4n) is 4.35. The average Bonchev–Trinajstić information content (AvgIpc) is 2.84. The fraction of sp³-hybridized carbons (Fsp3) is 0.812. The number of ether oxygens (including phenoxy) is 2. The van der Waals surface area contributed by atoms with Gasteiger partial charge in [-0.25, -0.2) is 0 Å². The molecule has 3 fully saturated rings. The summed E-state index contributed by atoms with van der Waals surface area (Å²) in [5.74, 6) is -0.129. The number of nitrogens with zero attached hydrogens (tertiary/aromatic N) is 3. The molecule has 2 aliphatic heterocycles. The first kappa shape index (κ1) is 17.0. The van der Waals surface area contributed by atoms with Gasteiger partial charge in [0.15, 0.2) is 6.61 Å². The number of anilines is 1. The second-order valence-corrected chi connectivity index (χ2v) is 7.58. The molecule has 0 unspecified atom stereocenters. The maximum atomic E-state index is 12.2. The van der Waals surface area contributed by atoms with Crippen molar-refractivity contribution in [3.8, 4) is 5.88 Å². The molecule has 1 spiro atoms. The van der Waals surface area contributed by atoms with Crippen LogP contribution in [-0.4, -0.2) is 59.8 Å². The normalized spacial score (nSPS) is 24.9. The maximum absolute atomic E-state index is 12.2. The van der Waals surface area contributed by atoms with Crippen molar-refractivity contribution in [3.63, 3.8) is 0 Å². The maximum Gasteiger partial charge on any atom is 0.422 e. The monoisotopic (exact) mass is 360 g/mol. The predicted molar refractivity (Wildman–Crippen MR) is 84.3 cm³/mol. The summed E-state index contributed by atoms with van der Waals surface area (Å²) in [6.07, 6.45) is 1.39. The summed E-state index contributed by atoms with van der Waals surface area (Å²) in [5.41, 5.74) is 6.22. The summed E-state index contributed by atoms with van der Waals surface area (Å²) < 4.78 is 48.5. The van der Waals surface area contributed by atoms with Crippen LogP contribution in [-0.2, 0) is 4.74 Å². The second kappa shape index (κ2) is 6.05. The summed E-state index contributed by atoms with van der Waals surface area (Å²) in [6.45, 7) is 2.53. The van der Waals surface area contributed by atoms with Crippen LogP contribution in [0.5, 0.6) is 5.88 Å². The van der Waals surface area contributed by atoms with Crippen molar-refractivity contribution in [2.24, 2.45) is 5.41 Å². The van der Waals surface area contributed by atoms with E-state index in [9.17, 15) is 13.2 Å². The first-order valence-electron chi connectivity index (χ1n) is 8.70. The summed E-state index contributed by atoms with van der Waals surface area (Å²) in [6, 6.07) is 0.837. The van der Waals surface area contributed by atoms with E-state index in [2.05, 4.69) is 14.7 Å². The molecule has 3 heterocycles. The second-order valence-electron chi connectivity index (χ2n) is 7.58. The van der Waals surface area contributed by atoms with Crippen LogP contribution < -0.4 is 10.5 Å². The minimum atomic E-state index is -4.39. The third kappa shape index (κ3) is 3.44. The first-order chi connectivity index (χ1) is 11.8. The van der Waals surface area contributed by atoms with Gasteiger partial charge in [-0.2, -0.15) is 13.2 Å². The van der Waals surface area contributed by atoms with Gasteiger partial charge in [-0.15, -0.1) is 5.10 Å². The molecule has 1 aromatic rings. The molecule has 0 amide bonds. The number of hydrogen-bond donors (Lipinski definition) is 1. The molecule has 2 N–H and O–H groups in total. The van der Waals surface area contributed by atoms with Crippen LogP contribution in [0.1, 0.15) is 31.7 Å². The van der Waals surface area contributed by atoms with E-state index in [-0.39, 0.29) is 17.6 Å². The number of likely N-dealkylation sites (tertiary alicyclic amines) is 1. The highest BCUT2D eigenvalue weighted by Gasteiger charge is 2.54. The molecule has 2 saturated heterocycles. The molecule has 1 aromatic heterocycles. The molecule has 4 rings (SSSR count). The third-order valence-corrected chi connectivity index (χ3v) is 5.59. The zero-order valence-electron chi connectivity index (χ0n) is 14.0. The molecule has 140 valence electrons. The lowest BCUT2D eigenvalue weighted by Crippen LogP contribution is -2.65. The number of alkyl halides is 3. The lowest BCUT2D eigenvalue weighted by molar-refractivity contribution is -0.154. The largest absolute Gasteiger partial charge is 0.466 e. The van der Waals surface area contributed by atoms with E-state index in [4.69, 9.17) is 10.5 Å². The molecule has 3 aliphatic rings. The number of nitrogen functional groups attached to an aromatic ring is 1. The van der Waals surface area contributed by atoms with E-state index in [1.807, 2.05) is 0 Å². The SMILES string of the molecule is Nc1cn(C2CC3(C2)CN(C2CCOCC2)C3)nc1OCC(F)(F)F. The van der Waals surface area contributed by atoms with Gasteiger partial charge in [0.2, 0.25) is 0 Å². The number of hydrogen-bond acceptors (Lipinski definition) is 5. The topological polar surface area (TPSA) is 65.5 Å². The van der Waals surface area contributed by atoms with Crippen LogP contribution in [0.15, 0.2) is 6.20 Å². The molecule has 25 heavy (non-hydrogen) atoms. The highest BCUT2D eigenvalue weighted by Crippen LogP contribution is 2.55. The highest BCUT2D eigenvalue weighted by molar-refractivity contribution is 5.46. The van der Waals surface area contributed by atoms with E-state index >= 15 is 0 Å². The van der Waals surface area contributed by atoms with Gasteiger partial charge in [-0.3, -0.25) is 9.58 Å². The molecule has 1 saturated carbocycles. The van der Waals surface area contributed by atoms with Gasteiger partial charge in [-0.05, 0) is 31.1 Å². The lowest BCUT2D eigenvalue weighted by atomic mass is 9.60. The van der Waals surface area contributed by atoms with Gasteiger partial charge in [0, 0.05) is 32.3 Å². The Balaban J connectivity index is 1.28. The minimum absolute atomic E-state index is 0.129. The third-order valence-electron chi connectivity index (χ3n) is 5.59. The smallest absolute Gasteiger partial charge is 0.422 e. The zero-order valence-corrected chi connectivity index (χ0v) is 14.0. The fourth-order valence-corrected chi connectivity index (χ4v) is 4.35. The van der Waals surface area contributed by atoms with Crippen LogP contribution in [0.2, 0.25) is 0 Å². The van der Waals surface area contributed by atoms with Crippen molar-refractivity contribution in [2.45, 2.75) is 43.9 Å². The van der Waals surface area contributed by atoms with Crippen molar-refractivity contribution in [2.75, 3.05) is 38.6 Å². The van der Waals surface area contributed by atoms with Crippen LogP contribution >= 0.6 is 0 Å². The number of nitrogens with two attached hydrogens (primary N) is 1. The molecule has 9 heteroatoms. The number of halogens is 3. The minimum Gasteiger partial charge on any atom is -0.466 e. The molecule has 0 radical (unpaired) electrons. The molecule has 0 aromatic carbocycles. The van der Waals surface area contributed by atoms with Crippen LogP contribution in [0, 0.1) is 5.41 Å². The van der Waals surface area contributed by atoms with E-state index in [0.717, 1.165) is 52.0 Å². The standard InChI is InChI=1S/C16H23F3N4O2/c17-16(18,19)10-25-14-13(20)7-23(21-14)12-5-15(6-12)8-22(9-15)11-1-3-24-4-2-11/h7,11-12H,1-6,8-10,20H2. The van der Waals surface area contributed by atoms with E-state index in [1.54, 1.807) is 10.9 Å². The number of rotatable bonds is 4. The Kier molecular flexibility index (Phi) is 4.10. The molecule has 0 atom stereocenters. The van der Waals surface area contributed by atoms with Gasteiger partial charge in [0.1, 0.15) is 5.69 Å². The molecule has 0 bridgehead atoms. The summed E-state index contributed by atoms with van der Waals surface area (Å²) in [7, 11) is 0. The van der Waals surface area contributed by atoms with Crippen molar-refractivity contribution in [1.82, 2.24) is 14.7 Å². The van der Waals surface area contributed by atoms with Crippen LogP contribution in [0.3, 0.4) is 0 Å². The first-order valence-corrected chi connectivity index (χ1v) is 8.70. The van der Waals surface area contributed by atoms with Gasteiger partial charge < -0.3 is 15.2 Å².